The SMILES string of the molecule is CCOc1ccc(N2CCC[C@@H](C(=O)CC)C2=O)cc1. The van der Waals surface area contributed by atoms with Gasteiger partial charge in [0, 0.05) is 18.7 Å². The first-order chi connectivity index (χ1) is 9.67. The Morgan fingerprint density at radius 2 is 2.00 bits per heavy atom. The predicted octanol–water partition coefficient (Wildman–Crippen LogP) is 2.81. The van der Waals surface area contributed by atoms with Crippen molar-refractivity contribution >= 4 is 17.4 Å². The molecule has 4 heteroatoms. The molecule has 0 aliphatic carbocycles. The number of ketones is 1. The number of carbonyl (C=O) groups is 2. The Kier molecular flexibility index (Phi) is 4.77. The highest BCUT2D eigenvalue weighted by molar-refractivity contribution is 6.08. The summed E-state index contributed by atoms with van der Waals surface area (Å²) in [4.78, 5) is 26.0. The molecule has 0 radical (unpaired) electrons. The molecule has 20 heavy (non-hydrogen) atoms. The van der Waals surface area contributed by atoms with Gasteiger partial charge in [0.1, 0.15) is 11.5 Å². The lowest BCUT2D eigenvalue weighted by Gasteiger charge is -2.31. The molecule has 1 amide bonds. The zero-order chi connectivity index (χ0) is 14.5. The standard InChI is InChI=1S/C16H21NO3/c1-3-15(18)14-6-5-11-17(16(14)19)12-7-9-13(10-8-12)20-4-2/h7-10,14H,3-6,11H2,1-2H3/t14-/m0/s1. The summed E-state index contributed by atoms with van der Waals surface area (Å²) in [6, 6.07) is 7.47. The van der Waals surface area contributed by atoms with Gasteiger partial charge in [-0.25, -0.2) is 0 Å². The molecule has 0 bridgehead atoms. The second-order valence-corrected chi connectivity index (χ2v) is 4.93. The van der Waals surface area contributed by atoms with E-state index in [2.05, 4.69) is 0 Å². The second kappa shape index (κ2) is 6.55. The number of rotatable bonds is 5. The monoisotopic (exact) mass is 275 g/mol. The van der Waals surface area contributed by atoms with Crippen molar-refractivity contribution in [1.29, 1.82) is 0 Å². The van der Waals surface area contributed by atoms with E-state index >= 15 is 0 Å². The third-order valence-corrected chi connectivity index (χ3v) is 3.64. The number of Topliss-reactive ketones (excluding diaryl/α,β-unsaturated/α-hetero) is 1. The summed E-state index contributed by atoms with van der Waals surface area (Å²) in [6.07, 6.45) is 1.97. The van der Waals surface area contributed by atoms with Crippen LogP contribution in [0.3, 0.4) is 0 Å². The van der Waals surface area contributed by atoms with Crippen molar-refractivity contribution in [2.24, 2.45) is 5.92 Å². The minimum atomic E-state index is -0.458. The smallest absolute Gasteiger partial charge is 0.237 e. The first-order valence-corrected chi connectivity index (χ1v) is 7.24. The Hall–Kier alpha value is -1.84. The van der Waals surface area contributed by atoms with Crippen LogP contribution in [0.1, 0.15) is 33.1 Å². The van der Waals surface area contributed by atoms with Crippen molar-refractivity contribution in [1.82, 2.24) is 0 Å². The highest BCUT2D eigenvalue weighted by atomic mass is 16.5. The predicted molar refractivity (Wildman–Crippen MR) is 78.0 cm³/mol. The molecule has 1 aliphatic rings. The second-order valence-electron chi connectivity index (χ2n) is 4.93. The van der Waals surface area contributed by atoms with Gasteiger partial charge in [0.2, 0.25) is 5.91 Å². The van der Waals surface area contributed by atoms with Gasteiger partial charge in [-0.15, -0.1) is 0 Å². The van der Waals surface area contributed by atoms with Crippen molar-refractivity contribution in [2.75, 3.05) is 18.1 Å². The van der Waals surface area contributed by atoms with Crippen molar-refractivity contribution in [3.8, 4) is 5.75 Å². The van der Waals surface area contributed by atoms with E-state index in [-0.39, 0.29) is 11.7 Å². The van der Waals surface area contributed by atoms with E-state index in [0.29, 0.717) is 26.0 Å². The molecule has 1 saturated heterocycles. The van der Waals surface area contributed by atoms with Crippen molar-refractivity contribution in [2.45, 2.75) is 33.1 Å². The average molecular weight is 275 g/mol. The zero-order valence-electron chi connectivity index (χ0n) is 12.1. The van der Waals surface area contributed by atoms with E-state index in [1.54, 1.807) is 4.90 Å². The lowest BCUT2D eigenvalue weighted by atomic mass is 9.91. The van der Waals surface area contributed by atoms with Crippen LogP contribution in [0.2, 0.25) is 0 Å². The van der Waals surface area contributed by atoms with E-state index in [4.69, 9.17) is 4.74 Å². The van der Waals surface area contributed by atoms with Crippen LogP contribution in [-0.2, 0) is 9.59 Å². The molecular weight excluding hydrogens is 254 g/mol. The quantitative estimate of drug-likeness (QED) is 0.776. The van der Waals surface area contributed by atoms with Crippen LogP contribution >= 0.6 is 0 Å². The van der Waals surface area contributed by atoms with Gasteiger partial charge in [-0.2, -0.15) is 0 Å². The van der Waals surface area contributed by atoms with Crippen molar-refractivity contribution in [3.05, 3.63) is 24.3 Å². The Balaban J connectivity index is 2.14. The number of anilines is 1. The van der Waals surface area contributed by atoms with Gasteiger partial charge in [0.15, 0.2) is 0 Å². The van der Waals surface area contributed by atoms with E-state index in [9.17, 15) is 9.59 Å². The van der Waals surface area contributed by atoms with Gasteiger partial charge in [-0.1, -0.05) is 6.92 Å². The van der Waals surface area contributed by atoms with Crippen LogP contribution in [0.25, 0.3) is 0 Å². The fourth-order valence-electron chi connectivity index (χ4n) is 2.57. The van der Waals surface area contributed by atoms with Gasteiger partial charge in [0.05, 0.1) is 12.5 Å². The first-order valence-electron chi connectivity index (χ1n) is 7.24. The molecule has 1 atom stereocenters. The van der Waals surface area contributed by atoms with Crippen LogP contribution in [0.5, 0.6) is 5.75 Å². The highest BCUT2D eigenvalue weighted by Crippen LogP contribution is 2.27. The summed E-state index contributed by atoms with van der Waals surface area (Å²) in [5.41, 5.74) is 0.840. The molecule has 1 aliphatic heterocycles. The third-order valence-electron chi connectivity index (χ3n) is 3.64. The van der Waals surface area contributed by atoms with Crippen LogP contribution in [0, 0.1) is 5.92 Å². The number of hydrogen-bond donors (Lipinski definition) is 0. The molecule has 1 aromatic rings. The maximum Gasteiger partial charge on any atom is 0.237 e. The maximum absolute atomic E-state index is 12.4. The number of carbonyl (C=O) groups excluding carboxylic acids is 2. The normalized spacial score (nSPS) is 19.0. The van der Waals surface area contributed by atoms with Crippen LogP contribution in [0.4, 0.5) is 5.69 Å². The Morgan fingerprint density at radius 3 is 2.60 bits per heavy atom. The maximum atomic E-state index is 12.4. The number of hydrogen-bond acceptors (Lipinski definition) is 3. The van der Waals surface area contributed by atoms with Gasteiger partial charge >= 0.3 is 0 Å². The summed E-state index contributed by atoms with van der Waals surface area (Å²) in [5, 5.41) is 0. The molecular formula is C16H21NO3. The molecule has 0 saturated carbocycles. The summed E-state index contributed by atoms with van der Waals surface area (Å²) in [5.74, 6) is 0.320. The molecule has 0 spiro atoms. The van der Waals surface area contributed by atoms with Gasteiger partial charge in [-0.05, 0) is 44.0 Å². The first kappa shape index (κ1) is 14.6. The van der Waals surface area contributed by atoms with E-state index in [1.807, 2.05) is 38.1 Å². The minimum absolute atomic E-state index is 0.0469. The topological polar surface area (TPSA) is 46.6 Å². The number of ether oxygens (including phenoxy) is 1. The Bertz CT molecular complexity index is 481. The molecule has 4 nitrogen and oxygen atoms in total. The number of piperidine rings is 1. The van der Waals surface area contributed by atoms with E-state index < -0.39 is 5.92 Å². The summed E-state index contributed by atoms with van der Waals surface area (Å²) in [7, 11) is 0. The van der Waals surface area contributed by atoms with Gasteiger partial charge < -0.3 is 9.64 Å². The molecule has 1 heterocycles. The van der Waals surface area contributed by atoms with Crippen LogP contribution in [-0.4, -0.2) is 24.8 Å². The van der Waals surface area contributed by atoms with E-state index in [0.717, 1.165) is 17.9 Å². The fraction of sp³-hybridized carbons (Fsp3) is 0.500. The Morgan fingerprint density at radius 1 is 1.30 bits per heavy atom. The van der Waals surface area contributed by atoms with Crippen molar-refractivity contribution < 1.29 is 14.3 Å². The molecule has 2 rings (SSSR count). The molecule has 0 unspecified atom stereocenters. The number of benzene rings is 1. The largest absolute Gasteiger partial charge is 0.494 e. The highest BCUT2D eigenvalue weighted by Gasteiger charge is 2.33. The molecule has 0 N–H and O–H groups in total. The zero-order valence-corrected chi connectivity index (χ0v) is 12.1. The Labute approximate surface area is 119 Å². The molecule has 1 fully saturated rings. The summed E-state index contributed by atoms with van der Waals surface area (Å²) >= 11 is 0. The molecule has 108 valence electrons. The van der Waals surface area contributed by atoms with E-state index in [1.165, 1.54) is 0 Å². The number of amides is 1. The van der Waals surface area contributed by atoms with Gasteiger partial charge in [-0.3, -0.25) is 9.59 Å². The summed E-state index contributed by atoms with van der Waals surface area (Å²) in [6.45, 7) is 5.05. The molecule has 0 aromatic heterocycles. The number of nitrogens with zero attached hydrogens (tertiary/aromatic N) is 1. The summed E-state index contributed by atoms with van der Waals surface area (Å²) < 4.78 is 5.39. The average Bonchev–Trinajstić information content (AvgIpc) is 2.48. The molecule has 1 aromatic carbocycles. The van der Waals surface area contributed by atoms with Crippen molar-refractivity contribution in [3.63, 3.8) is 0 Å². The van der Waals surface area contributed by atoms with Crippen LogP contribution in [0.15, 0.2) is 24.3 Å². The fourth-order valence-corrected chi connectivity index (χ4v) is 2.57. The van der Waals surface area contributed by atoms with Gasteiger partial charge in [0.25, 0.3) is 0 Å². The third kappa shape index (κ3) is 3.00. The lowest BCUT2D eigenvalue weighted by Crippen LogP contribution is -2.44. The lowest BCUT2D eigenvalue weighted by molar-refractivity contribution is -0.133. The van der Waals surface area contributed by atoms with Crippen LogP contribution < -0.4 is 9.64 Å². The minimum Gasteiger partial charge on any atom is -0.494 e.